The van der Waals surface area contributed by atoms with E-state index in [2.05, 4.69) is 15.3 Å². The lowest BCUT2D eigenvalue weighted by atomic mass is 9.94. The summed E-state index contributed by atoms with van der Waals surface area (Å²) in [7, 11) is 0. The minimum absolute atomic E-state index is 0.0840. The molecular weight excluding hydrogens is 378 g/mol. The fourth-order valence-corrected chi connectivity index (χ4v) is 3.25. The van der Waals surface area contributed by atoms with E-state index in [0.717, 1.165) is 15.4 Å². The van der Waals surface area contributed by atoms with E-state index in [1.807, 2.05) is 30.3 Å². The highest BCUT2D eigenvalue weighted by Crippen LogP contribution is 2.33. The van der Waals surface area contributed by atoms with E-state index in [4.69, 9.17) is 5.11 Å². The lowest BCUT2D eigenvalue weighted by Gasteiger charge is -2.19. The maximum absolute atomic E-state index is 12.2. The van der Waals surface area contributed by atoms with Crippen molar-refractivity contribution in [1.29, 1.82) is 0 Å². The van der Waals surface area contributed by atoms with Gasteiger partial charge in [-0.25, -0.2) is 9.97 Å². The number of carbonyl (C=O) groups is 2. The van der Waals surface area contributed by atoms with Crippen LogP contribution in [0, 0.1) is 5.41 Å². The first-order valence-corrected chi connectivity index (χ1v) is 9.32. The van der Waals surface area contributed by atoms with Gasteiger partial charge >= 0.3 is 5.97 Å². The van der Waals surface area contributed by atoms with Crippen LogP contribution in [0.15, 0.2) is 48.8 Å². The monoisotopic (exact) mass is 397 g/mol. The first kappa shape index (κ1) is 19.5. The molecule has 1 aromatic carbocycles. The SMILES string of the molecule is CC(C)(CNC(=O)c1ncc(-c2cnc(-c3ccccc3)s2)cc1O)C(=O)O. The number of hydrogen-bond donors (Lipinski definition) is 3. The van der Waals surface area contributed by atoms with Gasteiger partial charge in [0.2, 0.25) is 0 Å². The number of aromatic hydroxyl groups is 1. The van der Waals surface area contributed by atoms with Crippen molar-refractivity contribution in [2.45, 2.75) is 13.8 Å². The fourth-order valence-electron chi connectivity index (χ4n) is 2.35. The summed E-state index contributed by atoms with van der Waals surface area (Å²) in [5.41, 5.74) is 0.354. The molecule has 0 spiro atoms. The van der Waals surface area contributed by atoms with Crippen molar-refractivity contribution in [3.63, 3.8) is 0 Å². The van der Waals surface area contributed by atoms with Gasteiger partial charge in [0.05, 0.1) is 10.3 Å². The Morgan fingerprint density at radius 1 is 1.11 bits per heavy atom. The number of rotatable bonds is 6. The highest BCUT2D eigenvalue weighted by molar-refractivity contribution is 7.18. The Morgan fingerprint density at radius 3 is 2.46 bits per heavy atom. The van der Waals surface area contributed by atoms with Gasteiger partial charge in [0.15, 0.2) is 5.69 Å². The molecule has 0 unspecified atom stereocenters. The van der Waals surface area contributed by atoms with E-state index in [1.54, 1.807) is 6.20 Å². The van der Waals surface area contributed by atoms with E-state index in [9.17, 15) is 14.7 Å². The zero-order valence-corrected chi connectivity index (χ0v) is 16.2. The predicted octanol–water partition coefficient (Wildman–Crippen LogP) is 3.42. The molecule has 144 valence electrons. The zero-order valence-electron chi connectivity index (χ0n) is 15.3. The van der Waals surface area contributed by atoms with Gasteiger partial charge in [-0.3, -0.25) is 9.59 Å². The summed E-state index contributed by atoms with van der Waals surface area (Å²) >= 11 is 1.45. The summed E-state index contributed by atoms with van der Waals surface area (Å²) in [5, 5.41) is 22.7. The molecule has 0 aliphatic carbocycles. The molecule has 3 rings (SSSR count). The Kier molecular flexibility index (Phi) is 5.41. The average molecular weight is 397 g/mol. The molecular formula is C20H19N3O4S. The predicted molar refractivity (Wildman–Crippen MR) is 106 cm³/mol. The number of amides is 1. The van der Waals surface area contributed by atoms with Crippen molar-refractivity contribution in [1.82, 2.24) is 15.3 Å². The summed E-state index contributed by atoms with van der Waals surface area (Å²) in [6.45, 7) is 2.92. The molecule has 2 aromatic heterocycles. The second kappa shape index (κ2) is 7.77. The smallest absolute Gasteiger partial charge is 0.310 e. The van der Waals surface area contributed by atoms with Crippen molar-refractivity contribution in [2.24, 2.45) is 5.41 Å². The number of benzene rings is 1. The van der Waals surface area contributed by atoms with Gasteiger partial charge in [0, 0.05) is 30.1 Å². The van der Waals surface area contributed by atoms with Crippen molar-refractivity contribution in [3.05, 3.63) is 54.5 Å². The normalized spacial score (nSPS) is 11.2. The van der Waals surface area contributed by atoms with Gasteiger partial charge in [0.25, 0.3) is 5.91 Å². The van der Waals surface area contributed by atoms with Crippen molar-refractivity contribution in [3.8, 4) is 26.8 Å². The molecule has 8 heteroatoms. The standard InChI is InChI=1S/C20H19N3O4S/c1-20(2,19(26)27)11-23-17(25)16-14(24)8-13(9-21-16)15-10-22-18(28-15)12-6-4-3-5-7-12/h3-10,24H,11H2,1-2H3,(H,23,25)(H,26,27). The minimum atomic E-state index is -1.12. The number of thiazole rings is 1. The molecule has 0 atom stereocenters. The molecule has 1 amide bonds. The third kappa shape index (κ3) is 4.17. The molecule has 0 aliphatic heterocycles. The highest BCUT2D eigenvalue weighted by Gasteiger charge is 2.28. The highest BCUT2D eigenvalue weighted by atomic mass is 32.1. The van der Waals surface area contributed by atoms with Crippen molar-refractivity contribution >= 4 is 23.2 Å². The third-order valence-electron chi connectivity index (χ3n) is 4.16. The summed E-state index contributed by atoms with van der Waals surface area (Å²) in [6, 6.07) is 11.2. The van der Waals surface area contributed by atoms with Crippen LogP contribution in [0.4, 0.5) is 0 Å². The fraction of sp³-hybridized carbons (Fsp3) is 0.200. The Morgan fingerprint density at radius 2 is 1.82 bits per heavy atom. The Hall–Kier alpha value is -3.26. The molecule has 0 aliphatic rings. The second-order valence-corrected chi connectivity index (χ2v) is 7.89. The van der Waals surface area contributed by atoms with Crippen LogP contribution in [0.25, 0.3) is 21.0 Å². The van der Waals surface area contributed by atoms with Gasteiger partial charge in [-0.05, 0) is 19.9 Å². The van der Waals surface area contributed by atoms with Crippen LogP contribution in [-0.4, -0.2) is 38.6 Å². The molecule has 0 bridgehead atoms. The summed E-state index contributed by atoms with van der Waals surface area (Å²) in [6.07, 6.45) is 3.18. The molecule has 7 nitrogen and oxygen atoms in total. The second-order valence-electron chi connectivity index (χ2n) is 6.86. The quantitative estimate of drug-likeness (QED) is 0.587. The summed E-state index contributed by atoms with van der Waals surface area (Å²) in [4.78, 5) is 32.6. The van der Waals surface area contributed by atoms with Crippen LogP contribution in [-0.2, 0) is 4.79 Å². The number of aromatic nitrogens is 2. The Labute approximate surface area is 165 Å². The Balaban J connectivity index is 1.77. The van der Waals surface area contributed by atoms with E-state index in [1.165, 1.54) is 37.4 Å². The van der Waals surface area contributed by atoms with Crippen LogP contribution in [0.3, 0.4) is 0 Å². The van der Waals surface area contributed by atoms with Gasteiger partial charge in [0.1, 0.15) is 10.8 Å². The van der Waals surface area contributed by atoms with E-state index in [-0.39, 0.29) is 18.0 Å². The van der Waals surface area contributed by atoms with Crippen LogP contribution in [0.5, 0.6) is 5.75 Å². The van der Waals surface area contributed by atoms with Gasteiger partial charge in [-0.15, -0.1) is 11.3 Å². The maximum Gasteiger partial charge on any atom is 0.310 e. The lowest BCUT2D eigenvalue weighted by molar-refractivity contribution is -0.146. The number of pyridine rings is 1. The number of aliphatic carboxylic acids is 1. The number of nitrogens with one attached hydrogen (secondary N) is 1. The zero-order chi connectivity index (χ0) is 20.3. The number of nitrogens with zero attached hydrogens (tertiary/aromatic N) is 2. The molecule has 0 saturated carbocycles. The Bertz CT molecular complexity index is 1020. The van der Waals surface area contributed by atoms with Crippen molar-refractivity contribution in [2.75, 3.05) is 6.54 Å². The van der Waals surface area contributed by atoms with Crippen LogP contribution in [0.1, 0.15) is 24.3 Å². The van der Waals surface area contributed by atoms with E-state index >= 15 is 0 Å². The molecule has 2 heterocycles. The van der Waals surface area contributed by atoms with Gasteiger partial charge in [-0.1, -0.05) is 30.3 Å². The minimum Gasteiger partial charge on any atom is -0.505 e. The number of carboxylic acid groups (broad SMARTS) is 1. The van der Waals surface area contributed by atoms with E-state index in [0.29, 0.717) is 5.56 Å². The number of carboxylic acids is 1. The molecule has 0 radical (unpaired) electrons. The van der Waals surface area contributed by atoms with Gasteiger partial charge < -0.3 is 15.5 Å². The maximum atomic E-state index is 12.2. The average Bonchev–Trinajstić information content (AvgIpc) is 3.17. The number of hydrogen-bond acceptors (Lipinski definition) is 6. The topological polar surface area (TPSA) is 112 Å². The molecule has 3 aromatic rings. The lowest BCUT2D eigenvalue weighted by Crippen LogP contribution is -2.39. The third-order valence-corrected chi connectivity index (χ3v) is 5.26. The van der Waals surface area contributed by atoms with Gasteiger partial charge in [-0.2, -0.15) is 0 Å². The summed E-state index contributed by atoms with van der Waals surface area (Å²) in [5.74, 6) is -1.94. The number of carbonyl (C=O) groups excluding carboxylic acids is 1. The van der Waals surface area contributed by atoms with E-state index < -0.39 is 17.3 Å². The summed E-state index contributed by atoms with van der Waals surface area (Å²) < 4.78 is 0. The van der Waals surface area contributed by atoms with Crippen molar-refractivity contribution < 1.29 is 19.8 Å². The molecule has 3 N–H and O–H groups in total. The first-order chi connectivity index (χ1) is 13.3. The molecule has 0 saturated heterocycles. The van der Waals surface area contributed by atoms with Crippen LogP contribution in [0.2, 0.25) is 0 Å². The molecule has 28 heavy (non-hydrogen) atoms. The van der Waals surface area contributed by atoms with Crippen LogP contribution < -0.4 is 5.32 Å². The van der Waals surface area contributed by atoms with Crippen LogP contribution >= 0.6 is 11.3 Å². The molecule has 0 fully saturated rings. The largest absolute Gasteiger partial charge is 0.505 e. The first-order valence-electron chi connectivity index (χ1n) is 8.50.